The average Bonchev–Trinajstić information content (AvgIpc) is 3.15. The van der Waals surface area contributed by atoms with Crippen molar-refractivity contribution >= 4 is 5.69 Å². The van der Waals surface area contributed by atoms with Gasteiger partial charge in [-0.15, -0.1) is 0 Å². The molecule has 1 aromatic heterocycles. The Bertz CT molecular complexity index is 579. The number of hydrogen-bond acceptors (Lipinski definition) is 4. The predicted octanol–water partition coefficient (Wildman–Crippen LogP) is 4.07. The summed E-state index contributed by atoms with van der Waals surface area (Å²) in [5.41, 5.74) is 1.99. The molecule has 3 rings (SSSR count). The maximum atomic E-state index is 5.47. The van der Waals surface area contributed by atoms with Crippen LogP contribution in [0.3, 0.4) is 0 Å². The summed E-state index contributed by atoms with van der Waals surface area (Å²) in [5.74, 6) is 2.79. The number of nitrogens with zero attached hydrogens (tertiary/aromatic N) is 2. The van der Waals surface area contributed by atoms with Crippen LogP contribution >= 0.6 is 0 Å². The van der Waals surface area contributed by atoms with Gasteiger partial charge in [0.1, 0.15) is 0 Å². The molecule has 2 aromatic rings. The van der Waals surface area contributed by atoms with Gasteiger partial charge in [-0.05, 0) is 37.3 Å². The summed E-state index contributed by atoms with van der Waals surface area (Å²) in [4.78, 5) is 4.62. The van der Waals surface area contributed by atoms with Crippen molar-refractivity contribution in [3.05, 3.63) is 30.1 Å². The highest BCUT2D eigenvalue weighted by Gasteiger charge is 2.28. The molecule has 1 fully saturated rings. The van der Waals surface area contributed by atoms with Gasteiger partial charge in [-0.3, -0.25) is 0 Å². The molecule has 1 heterocycles. The second-order valence-corrected chi connectivity index (χ2v) is 5.54. The van der Waals surface area contributed by atoms with Crippen LogP contribution in [0.15, 0.2) is 28.8 Å². The second kappa shape index (κ2) is 5.65. The number of aromatic nitrogens is 2. The molecule has 1 aliphatic carbocycles. The Morgan fingerprint density at radius 2 is 2.15 bits per heavy atom. The molecule has 1 aromatic carbocycles. The highest BCUT2D eigenvalue weighted by molar-refractivity contribution is 5.72. The number of anilines is 1. The number of hydrogen-bond donors (Lipinski definition) is 1. The quantitative estimate of drug-likeness (QED) is 0.910. The van der Waals surface area contributed by atoms with Gasteiger partial charge in [-0.2, -0.15) is 4.98 Å². The Morgan fingerprint density at radius 3 is 2.90 bits per heavy atom. The van der Waals surface area contributed by atoms with Crippen LogP contribution in [0.5, 0.6) is 0 Å². The monoisotopic (exact) mass is 271 g/mol. The number of benzene rings is 1. The molecule has 0 saturated heterocycles. The van der Waals surface area contributed by atoms with Gasteiger partial charge in [0.25, 0.3) is 5.89 Å². The average molecular weight is 271 g/mol. The minimum Gasteiger partial charge on any atom is -0.387 e. The van der Waals surface area contributed by atoms with Crippen molar-refractivity contribution in [3.63, 3.8) is 0 Å². The Kier molecular flexibility index (Phi) is 3.72. The fourth-order valence-corrected chi connectivity index (χ4v) is 3.08. The Labute approximate surface area is 119 Å². The Balaban J connectivity index is 1.83. The molecule has 0 spiro atoms. The van der Waals surface area contributed by atoms with E-state index in [9.17, 15) is 0 Å². The van der Waals surface area contributed by atoms with Gasteiger partial charge in [0.2, 0.25) is 0 Å². The number of para-hydroxylation sites is 1. The SMILES string of the molecule is CCC1CCC(c2noc(-c3ccccc3NC)n2)C1. The third-order valence-electron chi connectivity index (χ3n) is 4.35. The van der Waals surface area contributed by atoms with Crippen LogP contribution in [-0.4, -0.2) is 17.2 Å². The van der Waals surface area contributed by atoms with Crippen LogP contribution in [0.2, 0.25) is 0 Å². The summed E-state index contributed by atoms with van der Waals surface area (Å²) in [6.07, 6.45) is 4.93. The summed E-state index contributed by atoms with van der Waals surface area (Å²) in [6, 6.07) is 8.01. The third kappa shape index (κ3) is 2.42. The van der Waals surface area contributed by atoms with Crippen LogP contribution < -0.4 is 5.32 Å². The summed E-state index contributed by atoms with van der Waals surface area (Å²) in [7, 11) is 1.90. The lowest BCUT2D eigenvalue weighted by atomic mass is 10.0. The lowest BCUT2D eigenvalue weighted by Gasteiger charge is -2.05. The molecule has 0 radical (unpaired) electrons. The smallest absolute Gasteiger partial charge is 0.260 e. The van der Waals surface area contributed by atoms with E-state index in [1.165, 1.54) is 25.7 Å². The van der Waals surface area contributed by atoms with E-state index in [1.54, 1.807) is 0 Å². The van der Waals surface area contributed by atoms with Crippen LogP contribution in [0.4, 0.5) is 5.69 Å². The van der Waals surface area contributed by atoms with E-state index in [4.69, 9.17) is 4.52 Å². The molecule has 4 nitrogen and oxygen atoms in total. The standard InChI is InChI=1S/C16H21N3O/c1-3-11-8-9-12(10-11)15-18-16(20-19-15)13-6-4-5-7-14(13)17-2/h4-7,11-12,17H,3,8-10H2,1-2H3. The van der Waals surface area contributed by atoms with E-state index in [-0.39, 0.29) is 0 Å². The van der Waals surface area contributed by atoms with Crippen molar-refractivity contribution in [2.45, 2.75) is 38.5 Å². The normalized spacial score (nSPS) is 22.1. The Morgan fingerprint density at radius 1 is 1.30 bits per heavy atom. The van der Waals surface area contributed by atoms with E-state index < -0.39 is 0 Å². The number of rotatable bonds is 4. The van der Waals surface area contributed by atoms with E-state index >= 15 is 0 Å². The topological polar surface area (TPSA) is 51.0 Å². The van der Waals surface area contributed by atoms with E-state index in [1.807, 2.05) is 31.3 Å². The maximum absolute atomic E-state index is 5.47. The first-order chi connectivity index (χ1) is 9.81. The molecule has 4 heteroatoms. The summed E-state index contributed by atoms with van der Waals surface area (Å²) in [5, 5.41) is 7.37. The van der Waals surface area contributed by atoms with E-state index in [0.717, 1.165) is 23.0 Å². The van der Waals surface area contributed by atoms with Crippen molar-refractivity contribution < 1.29 is 4.52 Å². The van der Waals surface area contributed by atoms with Gasteiger partial charge in [-0.25, -0.2) is 0 Å². The maximum Gasteiger partial charge on any atom is 0.260 e. The van der Waals surface area contributed by atoms with Crippen molar-refractivity contribution in [1.82, 2.24) is 10.1 Å². The van der Waals surface area contributed by atoms with Crippen molar-refractivity contribution in [3.8, 4) is 11.5 Å². The van der Waals surface area contributed by atoms with Gasteiger partial charge in [0.05, 0.1) is 5.56 Å². The van der Waals surface area contributed by atoms with Gasteiger partial charge in [0.15, 0.2) is 5.82 Å². The van der Waals surface area contributed by atoms with Crippen LogP contribution in [0, 0.1) is 5.92 Å². The first kappa shape index (κ1) is 13.2. The molecule has 2 unspecified atom stereocenters. The van der Waals surface area contributed by atoms with Gasteiger partial charge < -0.3 is 9.84 Å². The lowest BCUT2D eigenvalue weighted by Crippen LogP contribution is -1.97. The van der Waals surface area contributed by atoms with Crippen LogP contribution in [-0.2, 0) is 0 Å². The lowest BCUT2D eigenvalue weighted by molar-refractivity contribution is 0.414. The molecule has 1 N–H and O–H groups in total. The van der Waals surface area contributed by atoms with Gasteiger partial charge in [-0.1, -0.05) is 30.6 Å². The summed E-state index contributed by atoms with van der Waals surface area (Å²) in [6.45, 7) is 2.26. The summed E-state index contributed by atoms with van der Waals surface area (Å²) >= 11 is 0. The molecule has 106 valence electrons. The zero-order chi connectivity index (χ0) is 13.9. The first-order valence-electron chi connectivity index (χ1n) is 7.42. The van der Waals surface area contributed by atoms with Gasteiger partial charge >= 0.3 is 0 Å². The first-order valence-corrected chi connectivity index (χ1v) is 7.42. The van der Waals surface area contributed by atoms with Crippen LogP contribution in [0.25, 0.3) is 11.5 Å². The van der Waals surface area contributed by atoms with Crippen molar-refractivity contribution in [1.29, 1.82) is 0 Å². The zero-order valence-electron chi connectivity index (χ0n) is 12.1. The fourth-order valence-electron chi connectivity index (χ4n) is 3.08. The molecule has 1 saturated carbocycles. The van der Waals surface area contributed by atoms with E-state index in [2.05, 4.69) is 22.4 Å². The molecule has 20 heavy (non-hydrogen) atoms. The molecular weight excluding hydrogens is 250 g/mol. The fraction of sp³-hybridized carbons (Fsp3) is 0.500. The van der Waals surface area contributed by atoms with Gasteiger partial charge in [0, 0.05) is 18.7 Å². The third-order valence-corrected chi connectivity index (χ3v) is 4.35. The predicted molar refractivity (Wildman–Crippen MR) is 79.7 cm³/mol. The molecule has 0 amide bonds. The molecule has 0 bridgehead atoms. The molecule has 0 aliphatic heterocycles. The van der Waals surface area contributed by atoms with Crippen molar-refractivity contribution in [2.75, 3.05) is 12.4 Å². The molecule has 2 atom stereocenters. The van der Waals surface area contributed by atoms with E-state index in [0.29, 0.717) is 11.8 Å². The number of nitrogens with one attached hydrogen (secondary N) is 1. The molecular formula is C16H21N3O. The Hall–Kier alpha value is -1.84. The highest BCUT2D eigenvalue weighted by Crippen LogP contribution is 2.39. The minimum absolute atomic E-state index is 0.471. The largest absolute Gasteiger partial charge is 0.387 e. The zero-order valence-corrected chi connectivity index (χ0v) is 12.1. The summed E-state index contributed by atoms with van der Waals surface area (Å²) < 4.78 is 5.47. The second-order valence-electron chi connectivity index (χ2n) is 5.54. The van der Waals surface area contributed by atoms with Crippen LogP contribution in [0.1, 0.15) is 44.3 Å². The highest BCUT2D eigenvalue weighted by atomic mass is 16.5. The minimum atomic E-state index is 0.471. The van der Waals surface area contributed by atoms with Crippen molar-refractivity contribution in [2.24, 2.45) is 5.92 Å². The molecule has 1 aliphatic rings.